The van der Waals surface area contributed by atoms with Gasteiger partial charge in [-0.05, 0) is 18.5 Å². The van der Waals surface area contributed by atoms with E-state index in [1.165, 1.54) is 10.5 Å². The fraction of sp³-hybridized carbons (Fsp3) is 0.438. The third-order valence-electron chi connectivity index (χ3n) is 3.25. The number of nitrogens with one attached hydrogen (secondary N) is 1. The maximum atomic E-state index is 4.24. The lowest BCUT2D eigenvalue weighted by molar-refractivity contribution is 0.528. The summed E-state index contributed by atoms with van der Waals surface area (Å²) in [4.78, 5) is 1.22. The lowest BCUT2D eigenvalue weighted by Gasteiger charge is -2.25. The van der Waals surface area contributed by atoms with Crippen molar-refractivity contribution < 1.29 is 0 Å². The molecule has 108 valence electrons. The Morgan fingerprint density at radius 2 is 2.05 bits per heavy atom. The van der Waals surface area contributed by atoms with Crippen molar-refractivity contribution in [1.29, 1.82) is 0 Å². The highest BCUT2D eigenvalue weighted by molar-refractivity contribution is 8.00. The van der Waals surface area contributed by atoms with Gasteiger partial charge in [-0.15, -0.1) is 11.8 Å². The van der Waals surface area contributed by atoms with Crippen LogP contribution in [0.1, 0.15) is 31.9 Å². The predicted molar refractivity (Wildman–Crippen MR) is 86.0 cm³/mol. The van der Waals surface area contributed by atoms with Crippen LogP contribution < -0.4 is 5.32 Å². The second kappa shape index (κ2) is 7.50. The number of hydrogen-bond donors (Lipinski definition) is 1. The first kappa shape index (κ1) is 15.1. The minimum absolute atomic E-state index is 0.362. The van der Waals surface area contributed by atoms with E-state index in [9.17, 15) is 0 Å². The van der Waals surface area contributed by atoms with E-state index >= 15 is 0 Å². The zero-order valence-electron chi connectivity index (χ0n) is 12.4. The number of hydrogen-bond acceptors (Lipinski definition) is 3. The second-order valence-corrected chi connectivity index (χ2v) is 6.47. The fourth-order valence-electron chi connectivity index (χ4n) is 2.26. The van der Waals surface area contributed by atoms with Gasteiger partial charge in [0.15, 0.2) is 0 Å². The van der Waals surface area contributed by atoms with Crippen molar-refractivity contribution in [3.63, 3.8) is 0 Å². The van der Waals surface area contributed by atoms with Crippen LogP contribution >= 0.6 is 11.8 Å². The van der Waals surface area contributed by atoms with E-state index in [1.807, 2.05) is 29.7 Å². The molecule has 0 aliphatic carbocycles. The largest absolute Gasteiger partial charge is 0.309 e. The Bertz CT molecular complexity index is 509. The fourth-order valence-corrected chi connectivity index (χ4v) is 3.40. The zero-order chi connectivity index (χ0) is 14.4. The van der Waals surface area contributed by atoms with Crippen molar-refractivity contribution in [2.75, 3.05) is 6.54 Å². The molecule has 3 nitrogen and oxygen atoms in total. The first-order valence-corrected chi connectivity index (χ1v) is 8.02. The van der Waals surface area contributed by atoms with Gasteiger partial charge >= 0.3 is 0 Å². The zero-order valence-corrected chi connectivity index (χ0v) is 13.2. The van der Waals surface area contributed by atoms with Crippen molar-refractivity contribution in [3.05, 3.63) is 48.3 Å². The molecule has 2 aromatic rings. The van der Waals surface area contributed by atoms with Crippen LogP contribution in [0.4, 0.5) is 0 Å². The number of benzene rings is 1. The van der Waals surface area contributed by atoms with Gasteiger partial charge in [0, 0.05) is 29.4 Å². The second-order valence-electron chi connectivity index (χ2n) is 5.02. The van der Waals surface area contributed by atoms with Gasteiger partial charge in [0.05, 0.1) is 6.20 Å². The molecule has 1 aromatic heterocycles. The summed E-state index contributed by atoms with van der Waals surface area (Å²) in [6.07, 6.45) is 5.15. The number of nitrogens with zero attached hydrogens (tertiary/aromatic N) is 2. The van der Waals surface area contributed by atoms with Crippen molar-refractivity contribution in [2.24, 2.45) is 7.05 Å². The van der Waals surface area contributed by atoms with E-state index in [4.69, 9.17) is 0 Å². The molecule has 2 unspecified atom stereocenters. The Labute approximate surface area is 125 Å². The van der Waals surface area contributed by atoms with E-state index in [0.29, 0.717) is 11.3 Å². The molecule has 0 radical (unpaired) electrons. The molecule has 1 N–H and O–H groups in total. The van der Waals surface area contributed by atoms with Crippen molar-refractivity contribution in [3.8, 4) is 0 Å². The third-order valence-corrected chi connectivity index (χ3v) is 4.37. The maximum absolute atomic E-state index is 4.24. The standard InChI is InChI=1S/C16H23N3S/c1-4-10-17-16(14-8-6-5-7-9-14)13(2)20-15-11-18-19(3)12-15/h5-9,11-13,16-17H,4,10H2,1-3H3. The highest BCUT2D eigenvalue weighted by Crippen LogP contribution is 2.31. The van der Waals surface area contributed by atoms with Gasteiger partial charge in [-0.25, -0.2) is 0 Å². The van der Waals surface area contributed by atoms with Crippen LogP contribution in [0.5, 0.6) is 0 Å². The van der Waals surface area contributed by atoms with Crippen molar-refractivity contribution in [1.82, 2.24) is 15.1 Å². The molecule has 0 aliphatic rings. The monoisotopic (exact) mass is 289 g/mol. The van der Waals surface area contributed by atoms with Crippen LogP contribution in [-0.4, -0.2) is 21.6 Å². The Balaban J connectivity index is 2.09. The van der Waals surface area contributed by atoms with Crippen LogP contribution in [0.15, 0.2) is 47.6 Å². The smallest absolute Gasteiger partial charge is 0.0625 e. The quantitative estimate of drug-likeness (QED) is 0.789. The Morgan fingerprint density at radius 3 is 2.65 bits per heavy atom. The Morgan fingerprint density at radius 1 is 1.30 bits per heavy atom. The van der Waals surface area contributed by atoms with Gasteiger partial charge in [0.1, 0.15) is 0 Å². The van der Waals surface area contributed by atoms with Crippen LogP contribution in [0.25, 0.3) is 0 Å². The average molecular weight is 289 g/mol. The molecule has 0 amide bonds. The molecule has 0 bridgehead atoms. The van der Waals surface area contributed by atoms with Gasteiger partial charge in [-0.2, -0.15) is 5.10 Å². The number of aryl methyl sites for hydroxylation is 1. The van der Waals surface area contributed by atoms with Crippen molar-refractivity contribution >= 4 is 11.8 Å². The van der Waals surface area contributed by atoms with Gasteiger partial charge < -0.3 is 5.32 Å². The summed E-state index contributed by atoms with van der Waals surface area (Å²) in [5.41, 5.74) is 1.35. The highest BCUT2D eigenvalue weighted by atomic mass is 32.2. The summed E-state index contributed by atoms with van der Waals surface area (Å²) >= 11 is 1.87. The Kier molecular flexibility index (Phi) is 5.68. The molecule has 0 saturated heterocycles. The van der Waals surface area contributed by atoms with Crippen LogP contribution in [-0.2, 0) is 7.05 Å². The minimum Gasteiger partial charge on any atom is -0.309 e. The summed E-state index contributed by atoms with van der Waals surface area (Å²) in [5, 5.41) is 8.36. The summed E-state index contributed by atoms with van der Waals surface area (Å²) in [5.74, 6) is 0. The first-order chi connectivity index (χ1) is 9.70. The SMILES string of the molecule is CCCNC(c1ccccc1)C(C)Sc1cnn(C)c1. The molecule has 0 spiro atoms. The molecule has 1 aromatic carbocycles. The average Bonchev–Trinajstić information content (AvgIpc) is 2.86. The molecule has 1 heterocycles. The lowest BCUT2D eigenvalue weighted by Crippen LogP contribution is -2.29. The topological polar surface area (TPSA) is 29.9 Å². The van der Waals surface area contributed by atoms with E-state index in [2.05, 4.69) is 60.8 Å². The first-order valence-electron chi connectivity index (χ1n) is 7.14. The van der Waals surface area contributed by atoms with Crippen LogP contribution in [0.3, 0.4) is 0 Å². The molecule has 20 heavy (non-hydrogen) atoms. The van der Waals surface area contributed by atoms with E-state index < -0.39 is 0 Å². The minimum atomic E-state index is 0.362. The molecule has 0 saturated carbocycles. The van der Waals surface area contributed by atoms with Gasteiger partial charge in [0.2, 0.25) is 0 Å². The molecule has 0 aliphatic heterocycles. The van der Waals surface area contributed by atoms with E-state index in [0.717, 1.165) is 13.0 Å². The summed E-state index contributed by atoms with van der Waals surface area (Å²) in [6.45, 7) is 5.52. The van der Waals surface area contributed by atoms with E-state index in [-0.39, 0.29) is 0 Å². The maximum Gasteiger partial charge on any atom is 0.0625 e. The predicted octanol–water partition coefficient (Wildman–Crippen LogP) is 3.64. The summed E-state index contributed by atoms with van der Waals surface area (Å²) in [6, 6.07) is 11.1. The summed E-state index contributed by atoms with van der Waals surface area (Å²) < 4.78 is 1.85. The number of rotatable bonds is 7. The third kappa shape index (κ3) is 4.12. The van der Waals surface area contributed by atoms with Gasteiger partial charge in [-0.3, -0.25) is 4.68 Å². The Hall–Kier alpha value is -1.26. The normalized spacial score (nSPS) is 14.2. The molecular weight excluding hydrogens is 266 g/mol. The summed E-state index contributed by atoms with van der Waals surface area (Å²) in [7, 11) is 1.96. The molecule has 4 heteroatoms. The van der Waals surface area contributed by atoms with Crippen LogP contribution in [0.2, 0.25) is 0 Å². The molecule has 2 rings (SSSR count). The van der Waals surface area contributed by atoms with E-state index in [1.54, 1.807) is 0 Å². The number of thioether (sulfide) groups is 1. The lowest BCUT2D eigenvalue weighted by atomic mass is 10.0. The highest BCUT2D eigenvalue weighted by Gasteiger charge is 2.19. The van der Waals surface area contributed by atoms with Gasteiger partial charge in [-0.1, -0.05) is 44.2 Å². The number of aromatic nitrogens is 2. The molecular formula is C16H23N3S. The van der Waals surface area contributed by atoms with Crippen molar-refractivity contribution in [2.45, 2.75) is 36.5 Å². The molecule has 0 fully saturated rings. The molecule has 2 atom stereocenters. The van der Waals surface area contributed by atoms with Gasteiger partial charge in [0.25, 0.3) is 0 Å². The van der Waals surface area contributed by atoms with Crippen LogP contribution in [0, 0.1) is 0 Å².